The minimum atomic E-state index is -0.136. The van der Waals surface area contributed by atoms with Crippen LogP contribution in [0.4, 0.5) is 0 Å². The molecule has 5 heteroatoms. The van der Waals surface area contributed by atoms with Gasteiger partial charge in [-0.05, 0) is 19.1 Å². The molecular formula is C18H19N3O2. The summed E-state index contributed by atoms with van der Waals surface area (Å²) in [7, 11) is 0. The smallest absolute Gasteiger partial charge is 0.119 e. The molecule has 0 aliphatic carbocycles. The van der Waals surface area contributed by atoms with E-state index in [0.717, 1.165) is 17.0 Å². The zero-order chi connectivity index (χ0) is 16.1. The molecule has 0 spiro atoms. The van der Waals surface area contributed by atoms with E-state index in [-0.39, 0.29) is 6.61 Å². The molecule has 3 rings (SSSR count). The predicted molar refractivity (Wildman–Crippen MR) is 88.1 cm³/mol. The molecule has 1 N–H and O–H groups in total. The molecule has 23 heavy (non-hydrogen) atoms. The molecule has 3 aromatic rings. The van der Waals surface area contributed by atoms with Gasteiger partial charge in [-0.1, -0.05) is 53.2 Å². The zero-order valence-corrected chi connectivity index (χ0v) is 13.0. The number of nitrogens with zero attached hydrogens (tertiary/aromatic N) is 3. The largest absolute Gasteiger partial charge is 0.492 e. The van der Waals surface area contributed by atoms with Gasteiger partial charge in [0.1, 0.15) is 18.1 Å². The third-order valence-corrected chi connectivity index (χ3v) is 3.59. The van der Waals surface area contributed by atoms with Crippen molar-refractivity contribution in [2.24, 2.45) is 0 Å². The number of benzene rings is 2. The summed E-state index contributed by atoms with van der Waals surface area (Å²) in [5.74, 6) is 0.833. The Morgan fingerprint density at radius 2 is 1.78 bits per heavy atom. The molecule has 0 atom stereocenters. The quantitative estimate of drug-likeness (QED) is 0.760. The zero-order valence-electron chi connectivity index (χ0n) is 13.0. The van der Waals surface area contributed by atoms with Crippen molar-refractivity contribution in [2.45, 2.75) is 20.1 Å². The molecule has 0 unspecified atom stereocenters. The number of aliphatic hydroxyl groups excluding tert-OH is 1. The van der Waals surface area contributed by atoms with Crippen LogP contribution in [0.2, 0.25) is 0 Å². The SMILES string of the molecule is Cc1ccc(OCCn2nnc(CO)c2-c2ccccc2)cc1. The molecule has 0 fully saturated rings. The monoisotopic (exact) mass is 309 g/mol. The third-order valence-electron chi connectivity index (χ3n) is 3.59. The molecule has 2 aromatic carbocycles. The molecule has 0 radical (unpaired) electrons. The normalized spacial score (nSPS) is 10.7. The first-order valence-corrected chi connectivity index (χ1v) is 7.56. The van der Waals surface area contributed by atoms with E-state index in [1.807, 2.05) is 61.5 Å². The van der Waals surface area contributed by atoms with Crippen molar-refractivity contribution in [3.8, 4) is 17.0 Å². The van der Waals surface area contributed by atoms with E-state index in [2.05, 4.69) is 10.3 Å². The number of aromatic nitrogens is 3. The van der Waals surface area contributed by atoms with Gasteiger partial charge >= 0.3 is 0 Å². The molecule has 1 aromatic heterocycles. The average Bonchev–Trinajstić information content (AvgIpc) is 3.00. The Kier molecular flexibility index (Phi) is 4.68. The maximum absolute atomic E-state index is 9.48. The lowest BCUT2D eigenvalue weighted by Gasteiger charge is -2.09. The van der Waals surface area contributed by atoms with Crippen LogP contribution in [0.5, 0.6) is 5.75 Å². The topological polar surface area (TPSA) is 60.2 Å². The summed E-state index contributed by atoms with van der Waals surface area (Å²) in [5.41, 5.74) is 3.59. The van der Waals surface area contributed by atoms with Gasteiger partial charge in [0, 0.05) is 5.56 Å². The van der Waals surface area contributed by atoms with Gasteiger partial charge in [0.05, 0.1) is 18.8 Å². The fraction of sp³-hybridized carbons (Fsp3) is 0.222. The van der Waals surface area contributed by atoms with Crippen LogP contribution in [0, 0.1) is 6.92 Å². The Bertz CT molecular complexity index is 752. The fourth-order valence-corrected chi connectivity index (χ4v) is 2.41. The number of hydrogen-bond acceptors (Lipinski definition) is 4. The van der Waals surface area contributed by atoms with E-state index in [0.29, 0.717) is 18.8 Å². The van der Waals surface area contributed by atoms with Crippen LogP contribution in [0.25, 0.3) is 11.3 Å². The van der Waals surface area contributed by atoms with Gasteiger partial charge in [-0.2, -0.15) is 0 Å². The number of rotatable bonds is 6. The van der Waals surface area contributed by atoms with Gasteiger partial charge < -0.3 is 9.84 Å². The number of ether oxygens (including phenoxy) is 1. The summed E-state index contributed by atoms with van der Waals surface area (Å²) in [5, 5.41) is 17.7. The lowest BCUT2D eigenvalue weighted by Crippen LogP contribution is -2.11. The second-order valence-corrected chi connectivity index (χ2v) is 5.29. The van der Waals surface area contributed by atoms with Gasteiger partial charge in [0.2, 0.25) is 0 Å². The van der Waals surface area contributed by atoms with E-state index in [1.54, 1.807) is 4.68 Å². The minimum absolute atomic E-state index is 0.136. The Morgan fingerprint density at radius 1 is 1.04 bits per heavy atom. The van der Waals surface area contributed by atoms with E-state index in [1.165, 1.54) is 5.56 Å². The van der Waals surface area contributed by atoms with Crippen molar-refractivity contribution in [3.63, 3.8) is 0 Å². The average molecular weight is 309 g/mol. The first kappa shape index (κ1) is 15.2. The summed E-state index contributed by atoms with van der Waals surface area (Å²) in [4.78, 5) is 0. The third kappa shape index (κ3) is 3.57. The molecule has 5 nitrogen and oxygen atoms in total. The lowest BCUT2D eigenvalue weighted by atomic mass is 10.1. The van der Waals surface area contributed by atoms with Gasteiger partial charge in [-0.15, -0.1) is 5.10 Å². The summed E-state index contributed by atoms with van der Waals surface area (Å²) in [6.45, 7) is 2.95. The van der Waals surface area contributed by atoms with Gasteiger partial charge in [0.25, 0.3) is 0 Å². The van der Waals surface area contributed by atoms with Crippen LogP contribution < -0.4 is 4.74 Å². The van der Waals surface area contributed by atoms with Crippen molar-refractivity contribution >= 4 is 0 Å². The van der Waals surface area contributed by atoms with Crippen LogP contribution in [0.3, 0.4) is 0 Å². The Hall–Kier alpha value is -2.66. The second kappa shape index (κ2) is 7.07. The van der Waals surface area contributed by atoms with Gasteiger partial charge in [-0.25, -0.2) is 4.68 Å². The highest BCUT2D eigenvalue weighted by Gasteiger charge is 2.13. The number of hydrogen-bond donors (Lipinski definition) is 1. The maximum Gasteiger partial charge on any atom is 0.119 e. The molecule has 0 aliphatic heterocycles. The molecule has 118 valence electrons. The second-order valence-electron chi connectivity index (χ2n) is 5.29. The molecule has 0 saturated carbocycles. The lowest BCUT2D eigenvalue weighted by molar-refractivity contribution is 0.277. The van der Waals surface area contributed by atoms with E-state index < -0.39 is 0 Å². The van der Waals surface area contributed by atoms with Crippen LogP contribution in [-0.4, -0.2) is 26.7 Å². The molecular weight excluding hydrogens is 290 g/mol. The first-order valence-electron chi connectivity index (χ1n) is 7.56. The Morgan fingerprint density at radius 3 is 2.48 bits per heavy atom. The first-order chi connectivity index (χ1) is 11.3. The Balaban J connectivity index is 1.73. The predicted octanol–water partition coefficient (Wildman–Crippen LogP) is 2.82. The fourth-order valence-electron chi connectivity index (χ4n) is 2.41. The molecule has 0 saturated heterocycles. The molecule has 1 heterocycles. The van der Waals surface area contributed by atoms with Crippen molar-refractivity contribution in [3.05, 3.63) is 65.9 Å². The van der Waals surface area contributed by atoms with Crippen molar-refractivity contribution < 1.29 is 9.84 Å². The number of aryl methyl sites for hydroxylation is 1. The van der Waals surface area contributed by atoms with Crippen molar-refractivity contribution in [2.75, 3.05) is 6.61 Å². The van der Waals surface area contributed by atoms with Crippen LogP contribution >= 0.6 is 0 Å². The van der Waals surface area contributed by atoms with Gasteiger partial charge in [0.15, 0.2) is 0 Å². The van der Waals surface area contributed by atoms with Crippen molar-refractivity contribution in [1.82, 2.24) is 15.0 Å². The molecule has 0 bridgehead atoms. The van der Waals surface area contributed by atoms with Crippen LogP contribution in [0.1, 0.15) is 11.3 Å². The van der Waals surface area contributed by atoms with E-state index in [4.69, 9.17) is 4.74 Å². The summed E-state index contributed by atoms with van der Waals surface area (Å²) < 4.78 is 7.52. The van der Waals surface area contributed by atoms with Crippen LogP contribution in [-0.2, 0) is 13.2 Å². The maximum atomic E-state index is 9.48. The molecule has 0 aliphatic rings. The van der Waals surface area contributed by atoms with E-state index >= 15 is 0 Å². The Labute approximate surface area is 135 Å². The minimum Gasteiger partial charge on any atom is -0.492 e. The van der Waals surface area contributed by atoms with Crippen LogP contribution in [0.15, 0.2) is 54.6 Å². The highest BCUT2D eigenvalue weighted by atomic mass is 16.5. The van der Waals surface area contributed by atoms with Gasteiger partial charge in [-0.3, -0.25) is 0 Å². The summed E-state index contributed by atoms with van der Waals surface area (Å²) >= 11 is 0. The molecule has 0 amide bonds. The van der Waals surface area contributed by atoms with Crippen molar-refractivity contribution in [1.29, 1.82) is 0 Å². The van der Waals surface area contributed by atoms with E-state index in [9.17, 15) is 5.11 Å². The number of aliphatic hydroxyl groups is 1. The highest BCUT2D eigenvalue weighted by molar-refractivity contribution is 5.61. The standard InChI is InChI=1S/C18H19N3O2/c1-14-7-9-16(10-8-14)23-12-11-21-18(17(13-22)19-20-21)15-5-3-2-4-6-15/h2-10,22H,11-13H2,1H3. The summed E-state index contributed by atoms with van der Waals surface area (Å²) in [6, 6.07) is 17.8. The summed E-state index contributed by atoms with van der Waals surface area (Å²) in [6.07, 6.45) is 0. The highest BCUT2D eigenvalue weighted by Crippen LogP contribution is 2.22.